The SMILES string of the molecule is Cc1cc(C)c(C)c(-c2ccc3c(-c4cnc(C(C)C)nc4)cccc3[n+]2C)c1. The van der Waals surface area contributed by atoms with Crippen LogP contribution in [0.5, 0.6) is 0 Å². The summed E-state index contributed by atoms with van der Waals surface area (Å²) < 4.78 is 2.30. The minimum absolute atomic E-state index is 0.331. The van der Waals surface area contributed by atoms with Gasteiger partial charge in [0, 0.05) is 41.6 Å². The van der Waals surface area contributed by atoms with Crippen LogP contribution in [0.2, 0.25) is 0 Å². The van der Waals surface area contributed by atoms with E-state index < -0.39 is 0 Å². The summed E-state index contributed by atoms with van der Waals surface area (Å²) in [4.78, 5) is 9.12. The molecule has 0 radical (unpaired) electrons. The topological polar surface area (TPSA) is 29.7 Å². The summed E-state index contributed by atoms with van der Waals surface area (Å²) in [5, 5.41) is 1.21. The first kappa shape index (κ1) is 19.3. The Hall–Kier alpha value is -3.07. The predicted molar refractivity (Wildman–Crippen MR) is 120 cm³/mol. The Bertz CT molecular complexity index is 1210. The minimum Gasteiger partial charge on any atom is -0.240 e. The highest BCUT2D eigenvalue weighted by atomic mass is 14.9. The van der Waals surface area contributed by atoms with Crippen molar-refractivity contribution in [1.29, 1.82) is 0 Å². The van der Waals surface area contributed by atoms with Crippen molar-refractivity contribution in [3.63, 3.8) is 0 Å². The van der Waals surface area contributed by atoms with E-state index >= 15 is 0 Å². The van der Waals surface area contributed by atoms with E-state index in [0.29, 0.717) is 5.92 Å². The molecule has 29 heavy (non-hydrogen) atoms. The van der Waals surface area contributed by atoms with Gasteiger partial charge in [-0.2, -0.15) is 4.57 Å². The first-order valence-electron chi connectivity index (χ1n) is 10.2. The third kappa shape index (κ3) is 3.42. The lowest BCUT2D eigenvalue weighted by Crippen LogP contribution is -2.32. The largest absolute Gasteiger partial charge is 0.240 e. The third-order valence-electron chi connectivity index (χ3n) is 5.80. The molecule has 0 aliphatic heterocycles. The average Bonchev–Trinajstić information content (AvgIpc) is 2.71. The molecule has 4 rings (SSSR count). The van der Waals surface area contributed by atoms with Crippen molar-refractivity contribution >= 4 is 10.9 Å². The van der Waals surface area contributed by atoms with Crippen molar-refractivity contribution in [2.45, 2.75) is 40.5 Å². The van der Waals surface area contributed by atoms with E-state index in [4.69, 9.17) is 0 Å². The van der Waals surface area contributed by atoms with Gasteiger partial charge >= 0.3 is 0 Å². The summed E-state index contributed by atoms with van der Waals surface area (Å²) in [6, 6.07) is 15.4. The second-order valence-corrected chi connectivity index (χ2v) is 8.25. The Morgan fingerprint density at radius 1 is 0.862 bits per heavy atom. The van der Waals surface area contributed by atoms with Crippen molar-refractivity contribution in [2.24, 2.45) is 7.05 Å². The van der Waals surface area contributed by atoms with E-state index in [0.717, 1.165) is 17.0 Å². The summed E-state index contributed by atoms with van der Waals surface area (Å²) >= 11 is 0. The van der Waals surface area contributed by atoms with E-state index in [2.05, 4.69) is 98.7 Å². The normalized spacial score (nSPS) is 11.4. The van der Waals surface area contributed by atoms with Crippen LogP contribution in [0.1, 0.15) is 42.3 Å². The van der Waals surface area contributed by atoms with Gasteiger partial charge < -0.3 is 0 Å². The number of pyridine rings is 1. The molecule has 0 saturated heterocycles. The molecule has 2 aromatic heterocycles. The molecule has 0 spiro atoms. The predicted octanol–water partition coefficient (Wildman–Crippen LogP) is 5.84. The van der Waals surface area contributed by atoms with Gasteiger partial charge in [-0.25, -0.2) is 9.97 Å². The van der Waals surface area contributed by atoms with E-state index in [1.165, 1.54) is 38.9 Å². The molecule has 0 aliphatic carbocycles. The van der Waals surface area contributed by atoms with Crippen LogP contribution in [0.4, 0.5) is 0 Å². The second kappa shape index (κ2) is 7.40. The van der Waals surface area contributed by atoms with Crippen molar-refractivity contribution in [3.05, 3.63) is 77.4 Å². The van der Waals surface area contributed by atoms with Crippen LogP contribution in [0.25, 0.3) is 33.3 Å². The minimum atomic E-state index is 0.331. The number of benzene rings is 2. The maximum absolute atomic E-state index is 4.56. The Morgan fingerprint density at radius 3 is 2.28 bits per heavy atom. The fraction of sp³-hybridized carbons (Fsp3) is 0.269. The maximum Gasteiger partial charge on any atom is 0.213 e. The smallest absolute Gasteiger partial charge is 0.213 e. The van der Waals surface area contributed by atoms with Crippen LogP contribution in [-0.4, -0.2) is 9.97 Å². The molecule has 0 atom stereocenters. The molecular formula is C26H28N3+. The van der Waals surface area contributed by atoms with Gasteiger partial charge in [0.25, 0.3) is 0 Å². The number of hydrogen-bond donors (Lipinski definition) is 0. The standard InChI is InChI=1S/C26H28N3/c1-16(2)26-27-14-20(15-28-26)21-8-7-9-24-22(21)10-11-25(29(24)6)23-13-17(3)12-18(4)19(23)5/h7-16H,1-6H3/q+1. The van der Waals surface area contributed by atoms with Gasteiger partial charge in [-0.3, -0.25) is 0 Å². The molecule has 0 fully saturated rings. The molecule has 0 saturated carbocycles. The Morgan fingerprint density at radius 2 is 1.59 bits per heavy atom. The van der Waals surface area contributed by atoms with Crippen LogP contribution >= 0.6 is 0 Å². The summed E-state index contributed by atoms with van der Waals surface area (Å²) in [7, 11) is 2.15. The number of aryl methyl sites for hydroxylation is 3. The fourth-order valence-corrected chi connectivity index (χ4v) is 4.03. The molecule has 2 heterocycles. The Labute approximate surface area is 173 Å². The molecule has 4 aromatic rings. The molecule has 0 bridgehead atoms. The monoisotopic (exact) mass is 382 g/mol. The van der Waals surface area contributed by atoms with Crippen LogP contribution in [0, 0.1) is 20.8 Å². The zero-order valence-corrected chi connectivity index (χ0v) is 18.1. The lowest BCUT2D eigenvalue weighted by molar-refractivity contribution is -0.633. The first-order valence-corrected chi connectivity index (χ1v) is 10.2. The quantitative estimate of drug-likeness (QED) is 0.417. The molecule has 3 heteroatoms. The summed E-state index contributed by atoms with van der Waals surface area (Å²) in [6.07, 6.45) is 3.89. The fourth-order valence-electron chi connectivity index (χ4n) is 4.03. The zero-order chi connectivity index (χ0) is 20.7. The van der Waals surface area contributed by atoms with Crippen molar-refractivity contribution in [3.8, 4) is 22.4 Å². The van der Waals surface area contributed by atoms with E-state index in [-0.39, 0.29) is 0 Å². The summed E-state index contributed by atoms with van der Waals surface area (Å²) in [5.41, 5.74) is 9.89. The molecule has 0 unspecified atom stereocenters. The van der Waals surface area contributed by atoms with Gasteiger partial charge in [-0.05, 0) is 49.6 Å². The van der Waals surface area contributed by atoms with Crippen molar-refractivity contribution in [2.75, 3.05) is 0 Å². The number of aromatic nitrogens is 3. The van der Waals surface area contributed by atoms with E-state index in [1.54, 1.807) is 0 Å². The molecular weight excluding hydrogens is 354 g/mol. The Balaban J connectivity index is 1.89. The third-order valence-corrected chi connectivity index (χ3v) is 5.80. The van der Waals surface area contributed by atoms with Gasteiger partial charge in [0.1, 0.15) is 12.9 Å². The first-order chi connectivity index (χ1) is 13.9. The number of rotatable bonds is 3. The number of fused-ring (bicyclic) bond motifs is 1. The van der Waals surface area contributed by atoms with Crippen LogP contribution in [-0.2, 0) is 7.05 Å². The molecule has 0 N–H and O–H groups in total. The highest BCUT2D eigenvalue weighted by Crippen LogP contribution is 2.30. The maximum atomic E-state index is 4.56. The van der Waals surface area contributed by atoms with Crippen LogP contribution < -0.4 is 4.57 Å². The lowest BCUT2D eigenvalue weighted by atomic mass is 9.96. The van der Waals surface area contributed by atoms with Crippen molar-refractivity contribution < 1.29 is 4.57 Å². The van der Waals surface area contributed by atoms with Crippen LogP contribution in [0.3, 0.4) is 0 Å². The second-order valence-electron chi connectivity index (χ2n) is 8.25. The molecule has 2 aromatic carbocycles. The highest BCUT2D eigenvalue weighted by Gasteiger charge is 2.19. The van der Waals surface area contributed by atoms with Crippen molar-refractivity contribution in [1.82, 2.24) is 9.97 Å². The van der Waals surface area contributed by atoms with E-state index in [1.807, 2.05) is 12.4 Å². The van der Waals surface area contributed by atoms with Gasteiger partial charge in [0.05, 0.1) is 5.39 Å². The molecule has 0 amide bonds. The number of nitrogens with zero attached hydrogens (tertiary/aromatic N) is 3. The van der Waals surface area contributed by atoms with Gasteiger partial charge in [0.2, 0.25) is 11.2 Å². The molecule has 146 valence electrons. The number of hydrogen-bond acceptors (Lipinski definition) is 2. The highest BCUT2D eigenvalue weighted by molar-refractivity contribution is 5.93. The molecule has 3 nitrogen and oxygen atoms in total. The summed E-state index contributed by atoms with van der Waals surface area (Å²) in [6.45, 7) is 10.8. The summed E-state index contributed by atoms with van der Waals surface area (Å²) in [5.74, 6) is 1.21. The van der Waals surface area contributed by atoms with Gasteiger partial charge in [-0.15, -0.1) is 0 Å². The van der Waals surface area contributed by atoms with Gasteiger partial charge in [0.15, 0.2) is 0 Å². The van der Waals surface area contributed by atoms with Gasteiger partial charge in [-0.1, -0.05) is 37.6 Å². The van der Waals surface area contributed by atoms with E-state index in [9.17, 15) is 0 Å². The molecule has 0 aliphatic rings. The average molecular weight is 383 g/mol. The lowest BCUT2D eigenvalue weighted by Gasteiger charge is -2.12. The zero-order valence-electron chi connectivity index (χ0n) is 18.1. The van der Waals surface area contributed by atoms with Crippen LogP contribution in [0.15, 0.2) is 54.9 Å². The Kier molecular flexibility index (Phi) is 4.91.